The molecule has 4 heteroatoms. The van der Waals surface area contributed by atoms with Crippen molar-refractivity contribution in [2.75, 3.05) is 0 Å². The van der Waals surface area contributed by atoms with Crippen LogP contribution >= 0.6 is 0 Å². The highest BCUT2D eigenvalue weighted by atomic mass is 16.6. The van der Waals surface area contributed by atoms with E-state index >= 15 is 0 Å². The van der Waals surface area contributed by atoms with Gasteiger partial charge < -0.3 is 9.94 Å². The topological polar surface area (TPSA) is 49.1 Å². The molecule has 1 aromatic heterocycles. The third-order valence-electron chi connectivity index (χ3n) is 1.89. The lowest BCUT2D eigenvalue weighted by atomic mass is 10.2. The van der Waals surface area contributed by atoms with E-state index in [2.05, 4.69) is 4.98 Å². The quantitative estimate of drug-likeness (QED) is 0.556. The Morgan fingerprint density at radius 1 is 1.20 bits per heavy atom. The van der Waals surface area contributed by atoms with Crippen LogP contribution in [0.1, 0.15) is 5.56 Å². The van der Waals surface area contributed by atoms with Gasteiger partial charge in [-0.2, -0.15) is 0 Å². The van der Waals surface area contributed by atoms with E-state index in [9.17, 15) is 5.21 Å². The summed E-state index contributed by atoms with van der Waals surface area (Å²) in [5.74, 6) is 0. The lowest BCUT2D eigenvalue weighted by Gasteiger charge is -2.05. The van der Waals surface area contributed by atoms with Gasteiger partial charge in [-0.15, -0.1) is 0 Å². The lowest BCUT2D eigenvalue weighted by molar-refractivity contribution is -0.616. The van der Waals surface area contributed by atoms with Crippen molar-refractivity contribution in [2.24, 2.45) is 0 Å². The van der Waals surface area contributed by atoms with Crippen molar-refractivity contribution in [1.82, 2.24) is 4.98 Å². The van der Waals surface area contributed by atoms with E-state index in [-0.39, 0.29) is 6.01 Å². The summed E-state index contributed by atoms with van der Waals surface area (Å²) in [4.78, 5) is 3.82. The predicted octanol–water partition coefficient (Wildman–Crippen LogP) is 1.29. The molecule has 0 amide bonds. The average molecular weight is 202 g/mol. The summed E-state index contributed by atoms with van der Waals surface area (Å²) < 4.78 is 5.86. The highest BCUT2D eigenvalue weighted by Crippen LogP contribution is 2.03. The first-order valence-corrected chi connectivity index (χ1v) is 4.57. The molecule has 0 saturated heterocycles. The van der Waals surface area contributed by atoms with Crippen LogP contribution in [-0.2, 0) is 6.61 Å². The molecule has 0 saturated carbocycles. The zero-order valence-corrected chi connectivity index (χ0v) is 8.04. The van der Waals surface area contributed by atoms with Crippen LogP contribution in [0, 0.1) is 5.21 Å². The fourth-order valence-corrected chi connectivity index (χ4v) is 1.17. The van der Waals surface area contributed by atoms with Crippen molar-refractivity contribution in [3.63, 3.8) is 0 Å². The average Bonchev–Trinajstić information content (AvgIpc) is 2.29. The van der Waals surface area contributed by atoms with Crippen molar-refractivity contribution < 1.29 is 9.47 Å². The summed E-state index contributed by atoms with van der Waals surface area (Å²) in [6.07, 6.45) is 2.88. The third kappa shape index (κ3) is 2.43. The van der Waals surface area contributed by atoms with Gasteiger partial charge in [0.15, 0.2) is 0 Å². The first kappa shape index (κ1) is 9.45. The number of benzene rings is 1. The van der Waals surface area contributed by atoms with Gasteiger partial charge in [-0.1, -0.05) is 30.3 Å². The van der Waals surface area contributed by atoms with Crippen LogP contribution in [0.2, 0.25) is 0 Å². The standard InChI is InChI=1S/C11H10N2O2/c14-13-8-4-7-12-11(13)15-9-10-5-2-1-3-6-10/h1-8H,9H2. The summed E-state index contributed by atoms with van der Waals surface area (Å²) in [6, 6.07) is 11.3. The molecule has 0 aliphatic heterocycles. The van der Waals surface area contributed by atoms with Crippen molar-refractivity contribution >= 4 is 0 Å². The number of nitrogens with zero attached hydrogens (tertiary/aromatic N) is 2. The molecule has 2 aromatic rings. The van der Waals surface area contributed by atoms with Crippen LogP contribution in [0.25, 0.3) is 0 Å². The van der Waals surface area contributed by atoms with Crippen molar-refractivity contribution in [3.05, 3.63) is 59.6 Å². The Balaban J connectivity index is 2.03. The minimum atomic E-state index is 0.0707. The second-order valence-corrected chi connectivity index (χ2v) is 3.00. The van der Waals surface area contributed by atoms with Crippen LogP contribution in [0.5, 0.6) is 6.01 Å². The smallest absolute Gasteiger partial charge is 0.501 e. The minimum Gasteiger partial charge on any atom is -0.708 e. The Hall–Kier alpha value is -2.10. The molecule has 0 atom stereocenters. The normalized spacial score (nSPS) is 9.87. The maximum Gasteiger partial charge on any atom is 0.501 e. The fraction of sp³-hybridized carbons (Fsp3) is 0.0909. The Morgan fingerprint density at radius 3 is 2.73 bits per heavy atom. The second kappa shape index (κ2) is 4.41. The number of hydrogen-bond donors (Lipinski definition) is 0. The van der Waals surface area contributed by atoms with Gasteiger partial charge in [-0.25, -0.2) is 4.73 Å². The maximum absolute atomic E-state index is 11.2. The second-order valence-electron chi connectivity index (χ2n) is 3.00. The maximum atomic E-state index is 11.2. The van der Waals surface area contributed by atoms with E-state index in [1.165, 1.54) is 12.4 Å². The minimum absolute atomic E-state index is 0.0707. The summed E-state index contributed by atoms with van der Waals surface area (Å²) in [5, 5.41) is 11.2. The summed E-state index contributed by atoms with van der Waals surface area (Å²) in [5.41, 5.74) is 1.00. The summed E-state index contributed by atoms with van der Waals surface area (Å²) in [6.45, 7) is 0.347. The van der Waals surface area contributed by atoms with Crippen LogP contribution in [0.3, 0.4) is 0 Å². The zero-order valence-electron chi connectivity index (χ0n) is 8.04. The molecule has 2 rings (SSSR count). The van der Waals surface area contributed by atoms with Crippen LogP contribution in [-0.4, -0.2) is 4.98 Å². The van der Waals surface area contributed by atoms with E-state index in [4.69, 9.17) is 4.74 Å². The van der Waals surface area contributed by atoms with Gasteiger partial charge in [0.05, 0.1) is 0 Å². The molecular weight excluding hydrogens is 192 g/mol. The number of ether oxygens (including phenoxy) is 1. The summed E-state index contributed by atoms with van der Waals surface area (Å²) >= 11 is 0. The van der Waals surface area contributed by atoms with Crippen LogP contribution in [0.4, 0.5) is 0 Å². The predicted molar refractivity (Wildman–Crippen MR) is 54.0 cm³/mol. The Labute approximate surface area is 87.4 Å². The number of aromatic nitrogens is 2. The van der Waals surface area contributed by atoms with E-state index in [1.54, 1.807) is 6.07 Å². The molecule has 4 nitrogen and oxygen atoms in total. The van der Waals surface area contributed by atoms with Gasteiger partial charge >= 0.3 is 6.01 Å². The van der Waals surface area contributed by atoms with Crippen LogP contribution in [0.15, 0.2) is 48.8 Å². The first-order chi connectivity index (χ1) is 7.36. The van der Waals surface area contributed by atoms with E-state index < -0.39 is 0 Å². The molecule has 1 heterocycles. The van der Waals surface area contributed by atoms with E-state index in [1.807, 2.05) is 30.3 Å². The molecule has 0 unspecified atom stereocenters. The molecular formula is C11H10N2O2. The number of rotatable bonds is 3. The molecule has 0 bridgehead atoms. The Bertz CT molecular complexity index is 432. The van der Waals surface area contributed by atoms with Gasteiger partial charge in [0, 0.05) is 6.07 Å². The van der Waals surface area contributed by atoms with Crippen LogP contribution < -0.4 is 9.47 Å². The highest BCUT2D eigenvalue weighted by Gasteiger charge is 2.06. The number of hydrogen-bond acceptors (Lipinski definition) is 3. The summed E-state index contributed by atoms with van der Waals surface area (Å²) in [7, 11) is 0. The molecule has 0 radical (unpaired) electrons. The Morgan fingerprint density at radius 2 is 2.00 bits per heavy atom. The van der Waals surface area contributed by atoms with Gasteiger partial charge in [0.1, 0.15) is 19.0 Å². The zero-order chi connectivity index (χ0) is 10.5. The Kier molecular flexibility index (Phi) is 2.78. The molecule has 0 fully saturated rings. The molecule has 0 N–H and O–H groups in total. The third-order valence-corrected chi connectivity index (χ3v) is 1.89. The van der Waals surface area contributed by atoms with E-state index in [0.29, 0.717) is 11.3 Å². The molecule has 0 aliphatic carbocycles. The van der Waals surface area contributed by atoms with Gasteiger partial charge in [0.2, 0.25) is 0 Å². The van der Waals surface area contributed by atoms with Gasteiger partial charge in [0.25, 0.3) is 0 Å². The molecule has 76 valence electrons. The lowest BCUT2D eigenvalue weighted by Crippen LogP contribution is -2.29. The SMILES string of the molecule is [O-][n+]1cccnc1OCc1ccccc1. The molecule has 0 spiro atoms. The first-order valence-electron chi connectivity index (χ1n) is 4.57. The fourth-order valence-electron chi connectivity index (χ4n) is 1.17. The molecule has 1 aromatic carbocycles. The van der Waals surface area contributed by atoms with Crippen molar-refractivity contribution in [3.8, 4) is 6.01 Å². The van der Waals surface area contributed by atoms with Gasteiger partial charge in [-0.3, -0.25) is 0 Å². The van der Waals surface area contributed by atoms with Crippen molar-refractivity contribution in [2.45, 2.75) is 6.61 Å². The monoisotopic (exact) mass is 202 g/mol. The largest absolute Gasteiger partial charge is 0.708 e. The molecule has 0 aliphatic rings. The van der Waals surface area contributed by atoms with E-state index in [0.717, 1.165) is 5.56 Å². The van der Waals surface area contributed by atoms with Crippen molar-refractivity contribution in [1.29, 1.82) is 0 Å². The highest BCUT2D eigenvalue weighted by molar-refractivity contribution is 5.13. The van der Waals surface area contributed by atoms with Gasteiger partial charge in [-0.05, 0) is 10.5 Å². The molecule has 15 heavy (non-hydrogen) atoms.